The topological polar surface area (TPSA) is 83.1 Å². The van der Waals surface area contributed by atoms with Crippen LogP contribution >= 0.6 is 23.2 Å². The van der Waals surface area contributed by atoms with Gasteiger partial charge in [-0.1, -0.05) is 23.2 Å². The summed E-state index contributed by atoms with van der Waals surface area (Å²) in [6.07, 6.45) is 0. The van der Waals surface area contributed by atoms with Crippen molar-refractivity contribution in [3.8, 4) is 17.2 Å². The van der Waals surface area contributed by atoms with Crippen LogP contribution in [0.15, 0.2) is 30.3 Å². The number of amides is 1. The van der Waals surface area contributed by atoms with Crippen molar-refractivity contribution in [3.63, 3.8) is 0 Å². The number of benzene rings is 2. The molecular formula is C18H15Cl2F2NO6. The third-order valence-corrected chi connectivity index (χ3v) is 3.98. The number of rotatable bonds is 8. The first-order chi connectivity index (χ1) is 13.7. The zero-order valence-corrected chi connectivity index (χ0v) is 16.6. The van der Waals surface area contributed by atoms with Crippen molar-refractivity contribution in [2.24, 2.45) is 0 Å². The standard InChI is InChI=1S/C18H15Cl2F2NO6/c1-26-14-6-10(17(25)27-2)12(7-15(14)29-18(21)22)23-16(24)8-28-13-4-3-9(19)5-11(13)20/h3-7,18H,8H2,1-2H3,(H,23,24). The van der Waals surface area contributed by atoms with Crippen LogP contribution in [0, 0.1) is 0 Å². The summed E-state index contributed by atoms with van der Waals surface area (Å²) in [4.78, 5) is 24.2. The number of esters is 1. The SMILES string of the molecule is COC(=O)c1cc(OC)c(OC(F)F)cc1NC(=O)COc1ccc(Cl)cc1Cl. The van der Waals surface area contributed by atoms with Gasteiger partial charge in [-0.15, -0.1) is 0 Å². The second-order valence-electron chi connectivity index (χ2n) is 5.33. The number of ether oxygens (including phenoxy) is 4. The second-order valence-corrected chi connectivity index (χ2v) is 6.17. The molecule has 29 heavy (non-hydrogen) atoms. The Morgan fingerprint density at radius 1 is 1.07 bits per heavy atom. The second kappa shape index (κ2) is 10.1. The van der Waals surface area contributed by atoms with Crippen LogP contribution in [0.3, 0.4) is 0 Å². The molecule has 0 saturated carbocycles. The Bertz CT molecular complexity index is 910. The third-order valence-electron chi connectivity index (χ3n) is 3.45. The first-order valence-corrected chi connectivity index (χ1v) is 8.63. The van der Waals surface area contributed by atoms with Crippen molar-refractivity contribution >= 4 is 40.8 Å². The molecule has 1 N–H and O–H groups in total. The molecule has 0 atom stereocenters. The number of carbonyl (C=O) groups is 2. The highest BCUT2D eigenvalue weighted by Crippen LogP contribution is 2.35. The molecule has 156 valence electrons. The average Bonchev–Trinajstić information content (AvgIpc) is 2.66. The molecule has 2 aromatic rings. The Morgan fingerprint density at radius 2 is 1.79 bits per heavy atom. The van der Waals surface area contributed by atoms with Gasteiger partial charge in [-0.2, -0.15) is 8.78 Å². The zero-order chi connectivity index (χ0) is 21.6. The predicted octanol–water partition coefficient (Wildman–Crippen LogP) is 4.41. The van der Waals surface area contributed by atoms with Crippen LogP contribution in [0.25, 0.3) is 0 Å². The van der Waals surface area contributed by atoms with Crippen LogP contribution in [0.2, 0.25) is 10.0 Å². The van der Waals surface area contributed by atoms with Gasteiger partial charge in [0.1, 0.15) is 5.75 Å². The van der Waals surface area contributed by atoms with Crippen molar-refractivity contribution < 1.29 is 37.3 Å². The minimum absolute atomic E-state index is 0.135. The average molecular weight is 450 g/mol. The van der Waals surface area contributed by atoms with E-state index in [1.165, 1.54) is 25.3 Å². The van der Waals surface area contributed by atoms with Crippen molar-refractivity contribution in [2.45, 2.75) is 6.61 Å². The van der Waals surface area contributed by atoms with E-state index in [0.717, 1.165) is 19.2 Å². The quantitative estimate of drug-likeness (QED) is 0.601. The Balaban J connectivity index is 2.23. The number of anilines is 1. The van der Waals surface area contributed by atoms with E-state index in [0.29, 0.717) is 5.02 Å². The van der Waals surface area contributed by atoms with E-state index in [2.05, 4.69) is 14.8 Å². The zero-order valence-electron chi connectivity index (χ0n) is 15.1. The molecule has 7 nitrogen and oxygen atoms in total. The molecule has 0 spiro atoms. The predicted molar refractivity (Wildman–Crippen MR) is 102 cm³/mol. The van der Waals surface area contributed by atoms with Crippen molar-refractivity contribution in [2.75, 3.05) is 26.1 Å². The van der Waals surface area contributed by atoms with Crippen LogP contribution in [-0.2, 0) is 9.53 Å². The Hall–Kier alpha value is -2.78. The van der Waals surface area contributed by atoms with Gasteiger partial charge in [-0.05, 0) is 18.2 Å². The molecule has 0 heterocycles. The molecule has 0 unspecified atom stereocenters. The molecule has 1 amide bonds. The van der Waals surface area contributed by atoms with Gasteiger partial charge < -0.3 is 24.3 Å². The maximum absolute atomic E-state index is 12.6. The lowest BCUT2D eigenvalue weighted by atomic mass is 10.1. The fourth-order valence-electron chi connectivity index (χ4n) is 2.21. The lowest BCUT2D eigenvalue weighted by molar-refractivity contribution is -0.118. The molecule has 0 aromatic heterocycles. The number of carbonyl (C=O) groups excluding carboxylic acids is 2. The van der Waals surface area contributed by atoms with Gasteiger partial charge in [0.15, 0.2) is 18.1 Å². The molecule has 0 radical (unpaired) electrons. The minimum Gasteiger partial charge on any atom is -0.493 e. The van der Waals surface area contributed by atoms with E-state index in [1.54, 1.807) is 0 Å². The van der Waals surface area contributed by atoms with Gasteiger partial charge in [0.05, 0.1) is 30.5 Å². The summed E-state index contributed by atoms with van der Waals surface area (Å²) in [5, 5.41) is 2.96. The molecule has 0 bridgehead atoms. The summed E-state index contributed by atoms with van der Waals surface area (Å²) in [6, 6.07) is 6.55. The molecule has 0 saturated heterocycles. The van der Waals surface area contributed by atoms with Gasteiger partial charge in [-0.25, -0.2) is 4.79 Å². The third kappa shape index (κ3) is 6.10. The first kappa shape index (κ1) is 22.5. The van der Waals surface area contributed by atoms with Crippen LogP contribution in [-0.4, -0.2) is 39.3 Å². The van der Waals surface area contributed by atoms with E-state index in [1.807, 2.05) is 0 Å². The van der Waals surface area contributed by atoms with Gasteiger partial charge in [0.25, 0.3) is 5.91 Å². The lowest BCUT2D eigenvalue weighted by Gasteiger charge is -2.16. The number of hydrogen-bond acceptors (Lipinski definition) is 6. The maximum Gasteiger partial charge on any atom is 0.387 e. The van der Waals surface area contributed by atoms with Gasteiger partial charge in [0, 0.05) is 17.2 Å². The summed E-state index contributed by atoms with van der Waals surface area (Å²) < 4.78 is 44.5. The monoisotopic (exact) mass is 449 g/mol. The lowest BCUT2D eigenvalue weighted by Crippen LogP contribution is -2.22. The van der Waals surface area contributed by atoms with E-state index < -0.39 is 25.1 Å². The van der Waals surface area contributed by atoms with Crippen LogP contribution in [0.1, 0.15) is 10.4 Å². The molecule has 0 aliphatic rings. The summed E-state index contributed by atoms with van der Waals surface area (Å²) in [5.41, 5.74) is -0.270. The fourth-order valence-corrected chi connectivity index (χ4v) is 2.67. The molecule has 0 aliphatic carbocycles. The molecule has 0 fully saturated rings. The molecule has 2 aromatic carbocycles. The number of alkyl halides is 2. The Labute approximate surface area is 174 Å². The molecular weight excluding hydrogens is 435 g/mol. The van der Waals surface area contributed by atoms with Crippen molar-refractivity contribution in [1.82, 2.24) is 0 Å². The number of halogens is 4. The Morgan fingerprint density at radius 3 is 2.38 bits per heavy atom. The van der Waals surface area contributed by atoms with E-state index >= 15 is 0 Å². The highest BCUT2D eigenvalue weighted by molar-refractivity contribution is 6.35. The number of hydrogen-bond donors (Lipinski definition) is 1. The maximum atomic E-state index is 12.6. The number of nitrogens with one attached hydrogen (secondary N) is 1. The fraction of sp³-hybridized carbons (Fsp3) is 0.222. The highest BCUT2D eigenvalue weighted by atomic mass is 35.5. The van der Waals surface area contributed by atoms with E-state index in [9.17, 15) is 18.4 Å². The van der Waals surface area contributed by atoms with Gasteiger partial charge in [0.2, 0.25) is 0 Å². The van der Waals surface area contributed by atoms with Crippen molar-refractivity contribution in [3.05, 3.63) is 45.9 Å². The molecule has 11 heteroatoms. The largest absolute Gasteiger partial charge is 0.493 e. The minimum atomic E-state index is -3.15. The van der Waals surface area contributed by atoms with Crippen molar-refractivity contribution in [1.29, 1.82) is 0 Å². The van der Waals surface area contributed by atoms with Crippen LogP contribution < -0.4 is 19.5 Å². The summed E-state index contributed by atoms with van der Waals surface area (Å²) in [7, 11) is 2.33. The van der Waals surface area contributed by atoms with Gasteiger partial charge >= 0.3 is 12.6 Å². The Kier molecular flexibility index (Phi) is 7.86. The van der Waals surface area contributed by atoms with Crippen LogP contribution in [0.4, 0.5) is 14.5 Å². The molecule has 0 aliphatic heterocycles. The van der Waals surface area contributed by atoms with Gasteiger partial charge in [-0.3, -0.25) is 4.79 Å². The smallest absolute Gasteiger partial charge is 0.387 e. The summed E-state index contributed by atoms with van der Waals surface area (Å²) in [5.74, 6) is -1.85. The summed E-state index contributed by atoms with van der Waals surface area (Å²) >= 11 is 11.7. The van der Waals surface area contributed by atoms with E-state index in [4.69, 9.17) is 32.7 Å². The normalized spacial score (nSPS) is 10.4. The van der Waals surface area contributed by atoms with Crippen LogP contribution in [0.5, 0.6) is 17.2 Å². The first-order valence-electron chi connectivity index (χ1n) is 7.88. The van der Waals surface area contributed by atoms with E-state index in [-0.39, 0.29) is 33.5 Å². The highest BCUT2D eigenvalue weighted by Gasteiger charge is 2.21. The molecule has 2 rings (SSSR count). The summed E-state index contributed by atoms with van der Waals surface area (Å²) in [6.45, 7) is -3.63. The number of methoxy groups -OCH3 is 2.